The van der Waals surface area contributed by atoms with E-state index >= 15 is 0 Å². The second-order valence-corrected chi connectivity index (χ2v) is 4.37. The van der Waals surface area contributed by atoms with Gasteiger partial charge in [0, 0.05) is 19.3 Å². The van der Waals surface area contributed by atoms with E-state index in [9.17, 15) is 4.79 Å². The summed E-state index contributed by atoms with van der Waals surface area (Å²) in [7, 11) is 0. The standard InChI is InChI=1S/C10H18N2O2/c11-10(4-1-5-10)9(13)12-8-2-6-14-7-3-8/h8H,1-7,11H2,(H,12,13). The van der Waals surface area contributed by atoms with E-state index in [0.717, 1.165) is 45.3 Å². The molecule has 0 aromatic heterocycles. The molecule has 1 amide bonds. The Morgan fingerprint density at radius 3 is 2.50 bits per heavy atom. The number of nitrogens with one attached hydrogen (secondary N) is 1. The Bertz CT molecular complexity index is 220. The molecular formula is C10H18N2O2. The van der Waals surface area contributed by atoms with Crippen molar-refractivity contribution >= 4 is 5.91 Å². The Balaban J connectivity index is 1.81. The minimum Gasteiger partial charge on any atom is -0.381 e. The van der Waals surface area contributed by atoms with Crippen molar-refractivity contribution in [1.29, 1.82) is 0 Å². The number of ether oxygens (including phenoxy) is 1. The van der Waals surface area contributed by atoms with Crippen LogP contribution in [0, 0.1) is 0 Å². The second-order valence-electron chi connectivity index (χ2n) is 4.37. The highest BCUT2D eigenvalue weighted by Crippen LogP contribution is 2.29. The average molecular weight is 198 g/mol. The maximum Gasteiger partial charge on any atom is 0.240 e. The van der Waals surface area contributed by atoms with Gasteiger partial charge in [-0.25, -0.2) is 0 Å². The summed E-state index contributed by atoms with van der Waals surface area (Å²) < 4.78 is 5.22. The quantitative estimate of drug-likeness (QED) is 0.664. The SMILES string of the molecule is NC1(C(=O)NC2CCOCC2)CCC1. The smallest absolute Gasteiger partial charge is 0.240 e. The molecule has 4 nitrogen and oxygen atoms in total. The first-order valence-electron chi connectivity index (χ1n) is 5.38. The molecule has 0 spiro atoms. The lowest BCUT2D eigenvalue weighted by Crippen LogP contribution is -2.60. The first-order chi connectivity index (χ1) is 6.71. The molecule has 0 aromatic carbocycles. The summed E-state index contributed by atoms with van der Waals surface area (Å²) in [6, 6.07) is 0.275. The summed E-state index contributed by atoms with van der Waals surface area (Å²) >= 11 is 0. The molecule has 2 aliphatic rings. The molecule has 1 heterocycles. The molecule has 2 rings (SSSR count). The molecule has 1 saturated heterocycles. The Morgan fingerprint density at radius 2 is 2.00 bits per heavy atom. The van der Waals surface area contributed by atoms with Crippen LogP contribution in [0.15, 0.2) is 0 Å². The average Bonchev–Trinajstić information content (AvgIpc) is 2.15. The van der Waals surface area contributed by atoms with Crippen LogP contribution in [0.5, 0.6) is 0 Å². The van der Waals surface area contributed by atoms with Crippen molar-refractivity contribution in [2.45, 2.75) is 43.7 Å². The third kappa shape index (κ3) is 1.91. The Hall–Kier alpha value is -0.610. The van der Waals surface area contributed by atoms with Gasteiger partial charge in [-0.05, 0) is 32.1 Å². The van der Waals surface area contributed by atoms with Crippen molar-refractivity contribution in [1.82, 2.24) is 5.32 Å². The van der Waals surface area contributed by atoms with Gasteiger partial charge in [-0.2, -0.15) is 0 Å². The molecule has 0 bridgehead atoms. The fraction of sp³-hybridized carbons (Fsp3) is 0.900. The second kappa shape index (κ2) is 3.87. The fourth-order valence-corrected chi connectivity index (χ4v) is 1.96. The lowest BCUT2D eigenvalue weighted by molar-refractivity contribution is -0.130. The Kier molecular flexibility index (Phi) is 2.74. The zero-order chi connectivity index (χ0) is 10.0. The van der Waals surface area contributed by atoms with E-state index in [1.54, 1.807) is 0 Å². The van der Waals surface area contributed by atoms with Gasteiger partial charge in [-0.3, -0.25) is 4.79 Å². The molecule has 2 fully saturated rings. The predicted molar refractivity (Wildman–Crippen MR) is 52.8 cm³/mol. The van der Waals surface area contributed by atoms with Crippen LogP contribution in [-0.2, 0) is 9.53 Å². The normalized spacial score (nSPS) is 26.6. The summed E-state index contributed by atoms with van der Waals surface area (Å²) in [5, 5.41) is 3.02. The first kappa shape index (κ1) is 9.93. The molecule has 1 aliphatic heterocycles. The number of nitrogens with two attached hydrogens (primary N) is 1. The maximum atomic E-state index is 11.7. The predicted octanol–water partition coefficient (Wildman–Crippen LogP) is 0.163. The molecule has 0 aromatic rings. The number of amides is 1. The van der Waals surface area contributed by atoms with Gasteiger partial charge in [0.25, 0.3) is 0 Å². The fourth-order valence-electron chi connectivity index (χ4n) is 1.96. The third-order valence-corrected chi connectivity index (χ3v) is 3.25. The van der Waals surface area contributed by atoms with Gasteiger partial charge in [0.15, 0.2) is 0 Å². The minimum atomic E-state index is -0.557. The Labute approximate surface area is 84.2 Å². The van der Waals surface area contributed by atoms with E-state index in [4.69, 9.17) is 10.5 Å². The van der Waals surface area contributed by atoms with Gasteiger partial charge in [0.05, 0.1) is 5.54 Å². The molecule has 3 N–H and O–H groups in total. The van der Waals surface area contributed by atoms with Gasteiger partial charge in [-0.15, -0.1) is 0 Å². The monoisotopic (exact) mass is 198 g/mol. The highest BCUT2D eigenvalue weighted by Gasteiger charge is 2.40. The zero-order valence-corrected chi connectivity index (χ0v) is 8.42. The molecule has 1 aliphatic carbocycles. The number of hydrogen-bond acceptors (Lipinski definition) is 3. The number of carbonyl (C=O) groups is 1. The molecule has 1 saturated carbocycles. The highest BCUT2D eigenvalue weighted by atomic mass is 16.5. The van der Waals surface area contributed by atoms with Crippen LogP contribution in [0.2, 0.25) is 0 Å². The summed E-state index contributed by atoms with van der Waals surface area (Å²) in [5.74, 6) is 0.0376. The lowest BCUT2D eigenvalue weighted by atomic mass is 9.77. The van der Waals surface area contributed by atoms with E-state index in [-0.39, 0.29) is 11.9 Å². The van der Waals surface area contributed by atoms with Crippen molar-refractivity contribution in [2.24, 2.45) is 5.73 Å². The molecular weight excluding hydrogens is 180 g/mol. The van der Waals surface area contributed by atoms with Gasteiger partial charge < -0.3 is 15.8 Å². The summed E-state index contributed by atoms with van der Waals surface area (Å²) in [6.07, 6.45) is 4.59. The van der Waals surface area contributed by atoms with Gasteiger partial charge in [0.2, 0.25) is 5.91 Å². The van der Waals surface area contributed by atoms with E-state index in [1.807, 2.05) is 0 Å². The van der Waals surface area contributed by atoms with Crippen LogP contribution < -0.4 is 11.1 Å². The van der Waals surface area contributed by atoms with E-state index in [0.29, 0.717) is 0 Å². The zero-order valence-electron chi connectivity index (χ0n) is 8.42. The molecule has 0 radical (unpaired) electrons. The summed E-state index contributed by atoms with van der Waals surface area (Å²) in [5.41, 5.74) is 5.36. The molecule has 80 valence electrons. The molecule has 14 heavy (non-hydrogen) atoms. The van der Waals surface area contributed by atoms with Crippen LogP contribution in [0.3, 0.4) is 0 Å². The number of rotatable bonds is 2. The van der Waals surface area contributed by atoms with Crippen LogP contribution in [0.25, 0.3) is 0 Å². The Morgan fingerprint density at radius 1 is 1.36 bits per heavy atom. The summed E-state index contributed by atoms with van der Waals surface area (Å²) in [4.78, 5) is 11.7. The van der Waals surface area contributed by atoms with Gasteiger partial charge in [0.1, 0.15) is 0 Å². The van der Waals surface area contributed by atoms with E-state index in [1.165, 1.54) is 0 Å². The van der Waals surface area contributed by atoms with Crippen molar-refractivity contribution in [3.8, 4) is 0 Å². The highest BCUT2D eigenvalue weighted by molar-refractivity contribution is 5.87. The van der Waals surface area contributed by atoms with Crippen molar-refractivity contribution in [3.63, 3.8) is 0 Å². The van der Waals surface area contributed by atoms with Crippen molar-refractivity contribution in [2.75, 3.05) is 13.2 Å². The van der Waals surface area contributed by atoms with Crippen LogP contribution in [-0.4, -0.2) is 30.7 Å². The van der Waals surface area contributed by atoms with Gasteiger partial charge in [-0.1, -0.05) is 0 Å². The maximum absolute atomic E-state index is 11.7. The summed E-state index contributed by atoms with van der Waals surface area (Å²) in [6.45, 7) is 1.50. The van der Waals surface area contributed by atoms with E-state index < -0.39 is 5.54 Å². The first-order valence-corrected chi connectivity index (χ1v) is 5.38. The van der Waals surface area contributed by atoms with Crippen LogP contribution >= 0.6 is 0 Å². The molecule has 4 heteroatoms. The molecule has 0 unspecified atom stereocenters. The van der Waals surface area contributed by atoms with Crippen LogP contribution in [0.4, 0.5) is 0 Å². The van der Waals surface area contributed by atoms with Crippen molar-refractivity contribution in [3.05, 3.63) is 0 Å². The van der Waals surface area contributed by atoms with Crippen LogP contribution in [0.1, 0.15) is 32.1 Å². The minimum absolute atomic E-state index is 0.0376. The molecule has 0 atom stereocenters. The lowest BCUT2D eigenvalue weighted by Gasteiger charge is -2.38. The van der Waals surface area contributed by atoms with Crippen molar-refractivity contribution < 1.29 is 9.53 Å². The topological polar surface area (TPSA) is 64.4 Å². The largest absolute Gasteiger partial charge is 0.381 e. The third-order valence-electron chi connectivity index (χ3n) is 3.25. The van der Waals surface area contributed by atoms with E-state index in [2.05, 4.69) is 5.32 Å². The number of carbonyl (C=O) groups excluding carboxylic acids is 1. The van der Waals surface area contributed by atoms with Gasteiger partial charge >= 0.3 is 0 Å². The number of hydrogen-bond donors (Lipinski definition) is 2.